The van der Waals surface area contributed by atoms with E-state index in [1.807, 2.05) is 11.8 Å². The summed E-state index contributed by atoms with van der Waals surface area (Å²) in [5, 5.41) is 2.69. The van der Waals surface area contributed by atoms with Gasteiger partial charge in [-0.2, -0.15) is 0 Å². The second kappa shape index (κ2) is 4.90. The summed E-state index contributed by atoms with van der Waals surface area (Å²) in [6, 6.07) is 0.0130. The second-order valence-electron chi connectivity index (χ2n) is 6.34. The maximum absolute atomic E-state index is 12.1. The standard InChI is InChI=1S/C14H24N2O2/c1-4-11-13(18)15-9-12(17)16(11)10-5-7-14(2,3)8-6-10/h10-11H,4-9H2,1-3H3,(H,15,18). The molecule has 1 atom stereocenters. The van der Waals surface area contributed by atoms with E-state index in [2.05, 4.69) is 19.2 Å². The lowest BCUT2D eigenvalue weighted by atomic mass is 9.75. The molecule has 2 fully saturated rings. The number of carbonyl (C=O) groups is 2. The molecule has 1 saturated heterocycles. The van der Waals surface area contributed by atoms with Gasteiger partial charge in [-0.3, -0.25) is 9.59 Å². The first-order valence-electron chi connectivity index (χ1n) is 7.03. The zero-order valence-electron chi connectivity index (χ0n) is 11.7. The second-order valence-corrected chi connectivity index (χ2v) is 6.34. The molecule has 1 aliphatic heterocycles. The van der Waals surface area contributed by atoms with E-state index in [1.54, 1.807) is 0 Å². The van der Waals surface area contributed by atoms with E-state index in [4.69, 9.17) is 0 Å². The Hall–Kier alpha value is -1.06. The predicted octanol–water partition coefficient (Wildman–Crippen LogP) is 1.69. The fraction of sp³-hybridized carbons (Fsp3) is 0.857. The van der Waals surface area contributed by atoms with Gasteiger partial charge < -0.3 is 10.2 Å². The van der Waals surface area contributed by atoms with Crippen molar-refractivity contribution in [3.05, 3.63) is 0 Å². The SMILES string of the molecule is CCC1C(=O)NCC(=O)N1C1CCC(C)(C)CC1. The summed E-state index contributed by atoms with van der Waals surface area (Å²) >= 11 is 0. The van der Waals surface area contributed by atoms with E-state index in [-0.39, 0.29) is 30.4 Å². The first-order valence-corrected chi connectivity index (χ1v) is 7.03. The normalized spacial score (nSPS) is 29.3. The number of rotatable bonds is 2. The van der Waals surface area contributed by atoms with E-state index in [0.717, 1.165) is 25.7 Å². The van der Waals surface area contributed by atoms with Gasteiger partial charge in [-0.1, -0.05) is 20.8 Å². The molecule has 102 valence electrons. The van der Waals surface area contributed by atoms with Gasteiger partial charge in [0.05, 0.1) is 6.54 Å². The Morgan fingerprint density at radius 2 is 1.89 bits per heavy atom. The number of amides is 2. The lowest BCUT2D eigenvalue weighted by molar-refractivity contribution is -0.149. The van der Waals surface area contributed by atoms with E-state index in [0.29, 0.717) is 11.8 Å². The van der Waals surface area contributed by atoms with Gasteiger partial charge in [0.2, 0.25) is 11.8 Å². The van der Waals surface area contributed by atoms with Gasteiger partial charge in [-0.05, 0) is 37.5 Å². The molecule has 0 radical (unpaired) electrons. The summed E-state index contributed by atoms with van der Waals surface area (Å²) in [4.78, 5) is 25.8. The lowest BCUT2D eigenvalue weighted by Crippen LogP contribution is -2.61. The minimum Gasteiger partial charge on any atom is -0.345 e. The van der Waals surface area contributed by atoms with Gasteiger partial charge >= 0.3 is 0 Å². The van der Waals surface area contributed by atoms with Gasteiger partial charge in [0.25, 0.3) is 0 Å². The molecule has 1 heterocycles. The number of nitrogens with zero attached hydrogens (tertiary/aromatic N) is 1. The van der Waals surface area contributed by atoms with Crippen LogP contribution in [-0.4, -0.2) is 35.3 Å². The molecule has 1 N–H and O–H groups in total. The molecule has 1 saturated carbocycles. The molecule has 0 bridgehead atoms. The van der Waals surface area contributed by atoms with Crippen LogP contribution in [0.15, 0.2) is 0 Å². The minimum atomic E-state index is -0.252. The first-order chi connectivity index (χ1) is 8.44. The van der Waals surface area contributed by atoms with Crippen molar-refractivity contribution in [1.82, 2.24) is 10.2 Å². The largest absolute Gasteiger partial charge is 0.345 e. The third kappa shape index (κ3) is 2.52. The molecular formula is C14H24N2O2. The van der Waals surface area contributed by atoms with Gasteiger partial charge in [0.15, 0.2) is 0 Å². The average Bonchev–Trinajstić information content (AvgIpc) is 2.32. The zero-order chi connectivity index (χ0) is 13.3. The number of hydrogen-bond donors (Lipinski definition) is 1. The first kappa shape index (κ1) is 13.4. The van der Waals surface area contributed by atoms with Crippen LogP contribution in [0.5, 0.6) is 0 Å². The summed E-state index contributed by atoms with van der Waals surface area (Å²) in [5.41, 5.74) is 0.388. The molecule has 4 heteroatoms. The van der Waals surface area contributed by atoms with Crippen molar-refractivity contribution in [2.45, 2.75) is 65.0 Å². The van der Waals surface area contributed by atoms with Crippen LogP contribution >= 0.6 is 0 Å². The van der Waals surface area contributed by atoms with E-state index in [1.165, 1.54) is 0 Å². The maximum Gasteiger partial charge on any atom is 0.243 e. The average molecular weight is 252 g/mol. The molecule has 0 aromatic heterocycles. The summed E-state index contributed by atoms with van der Waals surface area (Å²) in [5.74, 6) is 0.105. The number of piperazine rings is 1. The van der Waals surface area contributed by atoms with Crippen LogP contribution in [0, 0.1) is 5.41 Å². The zero-order valence-corrected chi connectivity index (χ0v) is 11.7. The van der Waals surface area contributed by atoms with Crippen LogP contribution in [0.1, 0.15) is 52.9 Å². The van der Waals surface area contributed by atoms with E-state index >= 15 is 0 Å². The molecule has 2 amide bonds. The Balaban J connectivity index is 2.10. The summed E-state index contributed by atoms with van der Waals surface area (Å²) in [7, 11) is 0. The third-order valence-electron chi connectivity index (χ3n) is 4.43. The van der Waals surface area contributed by atoms with Gasteiger partial charge in [-0.25, -0.2) is 0 Å². The monoisotopic (exact) mass is 252 g/mol. The van der Waals surface area contributed by atoms with Crippen molar-refractivity contribution < 1.29 is 9.59 Å². The van der Waals surface area contributed by atoms with Crippen LogP contribution < -0.4 is 5.32 Å². The van der Waals surface area contributed by atoms with Crippen molar-refractivity contribution in [3.8, 4) is 0 Å². The molecule has 4 nitrogen and oxygen atoms in total. The third-order valence-corrected chi connectivity index (χ3v) is 4.43. The summed E-state index contributed by atoms with van der Waals surface area (Å²) in [6.45, 7) is 6.72. The topological polar surface area (TPSA) is 49.4 Å². The number of hydrogen-bond acceptors (Lipinski definition) is 2. The Morgan fingerprint density at radius 1 is 1.28 bits per heavy atom. The summed E-state index contributed by atoms with van der Waals surface area (Å²) in [6.07, 6.45) is 5.04. The maximum atomic E-state index is 12.1. The lowest BCUT2D eigenvalue weighted by Gasteiger charge is -2.44. The van der Waals surface area contributed by atoms with Crippen molar-refractivity contribution >= 4 is 11.8 Å². The molecule has 18 heavy (non-hydrogen) atoms. The molecule has 1 unspecified atom stereocenters. The smallest absolute Gasteiger partial charge is 0.243 e. The Labute approximate surface area is 109 Å². The Bertz CT molecular complexity index is 342. The highest BCUT2D eigenvalue weighted by atomic mass is 16.2. The van der Waals surface area contributed by atoms with Crippen molar-refractivity contribution in [3.63, 3.8) is 0 Å². The van der Waals surface area contributed by atoms with Crippen molar-refractivity contribution in [1.29, 1.82) is 0 Å². The Kier molecular flexibility index (Phi) is 3.64. The van der Waals surface area contributed by atoms with Crippen LogP contribution in [0.4, 0.5) is 0 Å². The number of nitrogens with one attached hydrogen (secondary N) is 1. The van der Waals surface area contributed by atoms with Crippen LogP contribution in [0.3, 0.4) is 0 Å². The van der Waals surface area contributed by atoms with Gasteiger partial charge in [0, 0.05) is 6.04 Å². The van der Waals surface area contributed by atoms with Crippen LogP contribution in [0.2, 0.25) is 0 Å². The molecule has 0 aromatic rings. The fourth-order valence-corrected chi connectivity index (χ4v) is 3.17. The van der Waals surface area contributed by atoms with Gasteiger partial charge in [0.1, 0.15) is 6.04 Å². The van der Waals surface area contributed by atoms with Crippen LogP contribution in [-0.2, 0) is 9.59 Å². The molecular weight excluding hydrogens is 228 g/mol. The van der Waals surface area contributed by atoms with Crippen molar-refractivity contribution in [2.75, 3.05) is 6.54 Å². The van der Waals surface area contributed by atoms with E-state index in [9.17, 15) is 9.59 Å². The van der Waals surface area contributed by atoms with Crippen molar-refractivity contribution in [2.24, 2.45) is 5.41 Å². The molecule has 2 rings (SSSR count). The van der Waals surface area contributed by atoms with Crippen LogP contribution in [0.25, 0.3) is 0 Å². The minimum absolute atomic E-state index is 0.0157. The van der Waals surface area contributed by atoms with E-state index < -0.39 is 0 Å². The van der Waals surface area contributed by atoms with Gasteiger partial charge in [-0.15, -0.1) is 0 Å². The molecule has 1 aliphatic carbocycles. The quantitative estimate of drug-likeness (QED) is 0.813. The molecule has 0 spiro atoms. The highest BCUT2D eigenvalue weighted by Gasteiger charge is 2.40. The highest BCUT2D eigenvalue weighted by Crippen LogP contribution is 2.37. The molecule has 0 aromatic carbocycles. The predicted molar refractivity (Wildman–Crippen MR) is 70.0 cm³/mol. The number of carbonyl (C=O) groups excluding carboxylic acids is 2. The fourth-order valence-electron chi connectivity index (χ4n) is 3.17. The molecule has 2 aliphatic rings. The summed E-state index contributed by atoms with van der Waals surface area (Å²) < 4.78 is 0. The Morgan fingerprint density at radius 3 is 2.44 bits per heavy atom. The highest BCUT2D eigenvalue weighted by molar-refractivity contribution is 5.94.